The lowest BCUT2D eigenvalue weighted by Crippen LogP contribution is -2.48. The van der Waals surface area contributed by atoms with Gasteiger partial charge in [-0.2, -0.15) is 0 Å². The van der Waals surface area contributed by atoms with Crippen molar-refractivity contribution in [2.24, 2.45) is 0 Å². The molecule has 3 rings (SSSR count). The zero-order valence-corrected chi connectivity index (χ0v) is 14.8. The third-order valence-corrected chi connectivity index (χ3v) is 4.78. The number of nitrogens with one attached hydrogen (secondary N) is 1. The number of carbonyl (C=O) groups is 1. The standard InChI is InChI=1S/C20H25N3O2/c1-15(16-5-3-7-18(12-16)25-2)11-20(24)23-10-9-22-14-19(23)17-6-4-8-21-13-17/h3-8,12-13,15,19,22H,9-11,14H2,1-2H3. The fourth-order valence-corrected chi connectivity index (χ4v) is 3.32. The fraction of sp³-hybridized carbons (Fsp3) is 0.400. The molecule has 1 aliphatic heterocycles. The van der Waals surface area contributed by atoms with Crippen LogP contribution in [0.4, 0.5) is 0 Å². The Hall–Kier alpha value is -2.40. The molecule has 1 amide bonds. The van der Waals surface area contributed by atoms with Gasteiger partial charge in [-0.25, -0.2) is 0 Å². The summed E-state index contributed by atoms with van der Waals surface area (Å²) >= 11 is 0. The molecular formula is C20H25N3O2. The first kappa shape index (κ1) is 17.4. The van der Waals surface area contributed by atoms with Crippen LogP contribution in [0.15, 0.2) is 48.8 Å². The molecule has 5 heteroatoms. The van der Waals surface area contributed by atoms with Crippen LogP contribution >= 0.6 is 0 Å². The highest BCUT2D eigenvalue weighted by molar-refractivity contribution is 5.78. The molecule has 1 aromatic heterocycles. The number of ether oxygens (including phenoxy) is 1. The van der Waals surface area contributed by atoms with Crippen molar-refractivity contribution in [2.45, 2.75) is 25.3 Å². The van der Waals surface area contributed by atoms with Crippen LogP contribution < -0.4 is 10.1 Å². The average molecular weight is 339 g/mol. The van der Waals surface area contributed by atoms with Crippen LogP contribution in [0.2, 0.25) is 0 Å². The molecule has 5 nitrogen and oxygen atoms in total. The SMILES string of the molecule is COc1cccc(C(C)CC(=O)N2CCNCC2c2cccnc2)c1. The molecule has 0 bridgehead atoms. The molecule has 1 fully saturated rings. The van der Waals surface area contributed by atoms with E-state index in [1.807, 2.05) is 41.4 Å². The normalized spacial score (nSPS) is 18.6. The molecule has 1 N–H and O–H groups in total. The zero-order valence-electron chi connectivity index (χ0n) is 14.8. The first-order valence-electron chi connectivity index (χ1n) is 8.73. The molecule has 2 aromatic rings. The number of pyridine rings is 1. The van der Waals surface area contributed by atoms with Gasteiger partial charge in [-0.05, 0) is 35.2 Å². The van der Waals surface area contributed by atoms with Gasteiger partial charge in [-0.15, -0.1) is 0 Å². The number of carbonyl (C=O) groups excluding carboxylic acids is 1. The number of amides is 1. The molecule has 25 heavy (non-hydrogen) atoms. The summed E-state index contributed by atoms with van der Waals surface area (Å²) in [6.07, 6.45) is 4.10. The highest BCUT2D eigenvalue weighted by Gasteiger charge is 2.28. The molecule has 1 aromatic carbocycles. The molecule has 2 unspecified atom stereocenters. The van der Waals surface area contributed by atoms with Gasteiger partial charge in [-0.1, -0.05) is 25.1 Å². The van der Waals surface area contributed by atoms with E-state index < -0.39 is 0 Å². The number of hydrogen-bond donors (Lipinski definition) is 1. The molecule has 132 valence electrons. The lowest BCUT2D eigenvalue weighted by Gasteiger charge is -2.37. The van der Waals surface area contributed by atoms with Crippen molar-refractivity contribution >= 4 is 5.91 Å². The summed E-state index contributed by atoms with van der Waals surface area (Å²) in [4.78, 5) is 19.2. The van der Waals surface area contributed by atoms with Crippen molar-refractivity contribution in [1.82, 2.24) is 15.2 Å². The summed E-state index contributed by atoms with van der Waals surface area (Å²) in [6, 6.07) is 12.0. The lowest BCUT2D eigenvalue weighted by atomic mass is 9.95. The minimum absolute atomic E-state index is 0.0486. The molecule has 1 saturated heterocycles. The Morgan fingerprint density at radius 3 is 3.04 bits per heavy atom. The van der Waals surface area contributed by atoms with Crippen LogP contribution in [-0.2, 0) is 4.79 Å². The molecule has 2 heterocycles. The van der Waals surface area contributed by atoms with Gasteiger partial charge in [0.25, 0.3) is 0 Å². The van der Waals surface area contributed by atoms with Gasteiger partial charge in [0.2, 0.25) is 5.91 Å². The third-order valence-electron chi connectivity index (χ3n) is 4.78. The van der Waals surface area contributed by atoms with Crippen molar-refractivity contribution in [3.63, 3.8) is 0 Å². The fourth-order valence-electron chi connectivity index (χ4n) is 3.32. The summed E-state index contributed by atoms with van der Waals surface area (Å²) in [5, 5.41) is 3.38. The Bertz CT molecular complexity index is 705. The van der Waals surface area contributed by atoms with Crippen molar-refractivity contribution < 1.29 is 9.53 Å². The average Bonchev–Trinajstić information content (AvgIpc) is 2.68. The highest BCUT2D eigenvalue weighted by atomic mass is 16.5. The van der Waals surface area contributed by atoms with Gasteiger partial charge in [-0.3, -0.25) is 9.78 Å². The second-order valence-corrected chi connectivity index (χ2v) is 6.48. The van der Waals surface area contributed by atoms with E-state index in [1.54, 1.807) is 13.3 Å². The maximum absolute atomic E-state index is 13.0. The summed E-state index contributed by atoms with van der Waals surface area (Å²) in [7, 11) is 1.66. The van der Waals surface area contributed by atoms with Crippen molar-refractivity contribution in [3.05, 3.63) is 59.9 Å². The quantitative estimate of drug-likeness (QED) is 0.910. The molecule has 0 aliphatic carbocycles. The van der Waals surface area contributed by atoms with Gasteiger partial charge >= 0.3 is 0 Å². The molecule has 0 radical (unpaired) electrons. The van der Waals surface area contributed by atoms with Crippen LogP contribution in [0.25, 0.3) is 0 Å². The zero-order chi connectivity index (χ0) is 17.6. The predicted octanol–water partition coefficient (Wildman–Crippen LogP) is 2.76. The van der Waals surface area contributed by atoms with E-state index in [1.165, 1.54) is 0 Å². The van der Waals surface area contributed by atoms with E-state index in [4.69, 9.17) is 4.74 Å². The smallest absolute Gasteiger partial charge is 0.223 e. The third kappa shape index (κ3) is 4.17. The summed E-state index contributed by atoms with van der Waals surface area (Å²) < 4.78 is 5.29. The van der Waals surface area contributed by atoms with Crippen molar-refractivity contribution in [3.8, 4) is 5.75 Å². The first-order valence-corrected chi connectivity index (χ1v) is 8.73. The van der Waals surface area contributed by atoms with E-state index in [-0.39, 0.29) is 17.9 Å². The Kier molecular flexibility index (Phi) is 5.66. The van der Waals surface area contributed by atoms with Crippen LogP contribution in [0, 0.1) is 0 Å². The Labute approximate surface area is 149 Å². The van der Waals surface area contributed by atoms with E-state index in [0.717, 1.165) is 36.5 Å². The predicted molar refractivity (Wildman–Crippen MR) is 97.6 cm³/mol. The van der Waals surface area contributed by atoms with Gasteiger partial charge in [0.15, 0.2) is 0 Å². The number of hydrogen-bond acceptors (Lipinski definition) is 4. The van der Waals surface area contributed by atoms with Gasteiger partial charge < -0.3 is 15.0 Å². The number of methoxy groups -OCH3 is 1. The van der Waals surface area contributed by atoms with Crippen LogP contribution in [0.1, 0.15) is 36.4 Å². The first-order chi connectivity index (χ1) is 12.2. The molecular weight excluding hydrogens is 314 g/mol. The number of piperazine rings is 1. The molecule has 2 atom stereocenters. The Morgan fingerprint density at radius 1 is 1.40 bits per heavy atom. The topological polar surface area (TPSA) is 54.5 Å². The maximum atomic E-state index is 13.0. The van der Waals surface area contributed by atoms with Crippen molar-refractivity contribution in [2.75, 3.05) is 26.7 Å². The van der Waals surface area contributed by atoms with Crippen molar-refractivity contribution in [1.29, 1.82) is 0 Å². The second-order valence-electron chi connectivity index (χ2n) is 6.48. The van der Waals surface area contributed by atoms with E-state index >= 15 is 0 Å². The monoisotopic (exact) mass is 339 g/mol. The number of nitrogens with zero attached hydrogens (tertiary/aromatic N) is 2. The van der Waals surface area contributed by atoms with Crippen LogP contribution in [0.3, 0.4) is 0 Å². The minimum atomic E-state index is 0.0486. The van der Waals surface area contributed by atoms with E-state index in [2.05, 4.69) is 23.3 Å². The van der Waals surface area contributed by atoms with Crippen LogP contribution in [-0.4, -0.2) is 42.5 Å². The number of benzene rings is 1. The van der Waals surface area contributed by atoms with Crippen LogP contribution in [0.5, 0.6) is 5.75 Å². The Balaban J connectivity index is 1.72. The van der Waals surface area contributed by atoms with Gasteiger partial charge in [0, 0.05) is 38.4 Å². The van der Waals surface area contributed by atoms with E-state index in [0.29, 0.717) is 6.42 Å². The second kappa shape index (κ2) is 8.12. The van der Waals surface area contributed by atoms with E-state index in [9.17, 15) is 4.79 Å². The summed E-state index contributed by atoms with van der Waals surface area (Å²) in [5.41, 5.74) is 2.21. The number of aromatic nitrogens is 1. The molecule has 1 aliphatic rings. The largest absolute Gasteiger partial charge is 0.497 e. The van der Waals surface area contributed by atoms with Gasteiger partial charge in [0.1, 0.15) is 5.75 Å². The Morgan fingerprint density at radius 2 is 2.28 bits per heavy atom. The summed E-state index contributed by atoms with van der Waals surface area (Å²) in [5.74, 6) is 1.16. The van der Waals surface area contributed by atoms with Gasteiger partial charge in [0.05, 0.1) is 13.2 Å². The summed E-state index contributed by atoms with van der Waals surface area (Å²) in [6.45, 7) is 4.41. The highest BCUT2D eigenvalue weighted by Crippen LogP contribution is 2.27. The molecule has 0 spiro atoms. The number of rotatable bonds is 5. The maximum Gasteiger partial charge on any atom is 0.223 e. The lowest BCUT2D eigenvalue weighted by molar-refractivity contribution is -0.134. The minimum Gasteiger partial charge on any atom is -0.497 e. The molecule has 0 saturated carbocycles.